The number of pyridine rings is 1. The molecular formula is C24H32Cl3N5O. The van der Waals surface area contributed by atoms with Crippen molar-refractivity contribution in [1.82, 2.24) is 20.1 Å². The van der Waals surface area contributed by atoms with Gasteiger partial charge in [0.1, 0.15) is 5.82 Å². The van der Waals surface area contributed by atoms with Gasteiger partial charge in [-0.3, -0.25) is 14.6 Å². The van der Waals surface area contributed by atoms with Crippen LogP contribution in [0.3, 0.4) is 0 Å². The van der Waals surface area contributed by atoms with Gasteiger partial charge in [-0.1, -0.05) is 40.9 Å². The van der Waals surface area contributed by atoms with Crippen molar-refractivity contribution in [2.24, 2.45) is 0 Å². The molecule has 1 aromatic carbocycles. The van der Waals surface area contributed by atoms with Gasteiger partial charge in [-0.15, -0.1) is 0 Å². The van der Waals surface area contributed by atoms with Crippen molar-refractivity contribution in [3.63, 3.8) is 0 Å². The quantitative estimate of drug-likeness (QED) is 0.622. The molecule has 0 spiro atoms. The molecule has 3 heterocycles. The molecule has 4 rings (SSSR count). The summed E-state index contributed by atoms with van der Waals surface area (Å²) in [7, 11) is 1.60. The lowest BCUT2D eigenvalue weighted by Gasteiger charge is -2.47. The fourth-order valence-electron chi connectivity index (χ4n) is 4.94. The number of carbonyl (C=O) groups excluding carboxylic acids is 1. The van der Waals surface area contributed by atoms with Gasteiger partial charge in [0.05, 0.1) is 10.6 Å². The average molecular weight is 513 g/mol. The number of likely N-dealkylation sites (tertiary alicyclic amines) is 1. The number of carbonyl (C=O) groups is 1. The number of amides is 1. The molecule has 2 aliphatic rings. The van der Waals surface area contributed by atoms with Crippen LogP contribution in [0.2, 0.25) is 15.1 Å². The standard InChI is InChI=1S/C24H30Cl3N5O.H2/c1-16-14-31(23-22(27)11-18(13-29-23)24(33)28-2)9-10-32(16)20-5-7-30(8-6-20)15-17-3-4-19(25)12-21(17)26;/h3-4,11-13,16,20H,5-10,14-15H2,1-2H3,(H,28,33);1H/t16-;/m0./s1. The summed E-state index contributed by atoms with van der Waals surface area (Å²) in [5.74, 6) is 0.573. The van der Waals surface area contributed by atoms with Gasteiger partial charge in [-0.2, -0.15) is 0 Å². The predicted octanol–water partition coefficient (Wildman–Crippen LogP) is 4.82. The van der Waals surface area contributed by atoms with Gasteiger partial charge in [-0.25, -0.2) is 4.98 Å². The molecule has 180 valence electrons. The second-order valence-electron chi connectivity index (χ2n) is 8.88. The molecule has 0 saturated carbocycles. The van der Waals surface area contributed by atoms with Crippen LogP contribution in [0.15, 0.2) is 30.5 Å². The molecule has 0 unspecified atom stereocenters. The Morgan fingerprint density at radius 1 is 1.12 bits per heavy atom. The van der Waals surface area contributed by atoms with E-state index >= 15 is 0 Å². The molecule has 33 heavy (non-hydrogen) atoms. The number of hydrogen-bond acceptors (Lipinski definition) is 5. The number of nitrogens with one attached hydrogen (secondary N) is 1. The summed E-state index contributed by atoms with van der Waals surface area (Å²) in [6, 6.07) is 8.43. The first-order chi connectivity index (χ1) is 15.9. The SMILES string of the molecule is CNC(=O)c1cnc(N2CCN(C3CCN(Cc4ccc(Cl)cc4Cl)CC3)[C@@H](C)C2)c(Cl)c1.[HH]. The second kappa shape index (κ2) is 10.8. The topological polar surface area (TPSA) is 51.7 Å². The molecule has 1 N–H and O–H groups in total. The molecule has 2 aliphatic heterocycles. The van der Waals surface area contributed by atoms with Crippen molar-refractivity contribution >= 4 is 46.5 Å². The van der Waals surface area contributed by atoms with Crippen LogP contribution in [-0.2, 0) is 6.54 Å². The first-order valence-electron chi connectivity index (χ1n) is 11.4. The lowest BCUT2D eigenvalue weighted by molar-refractivity contribution is 0.0690. The van der Waals surface area contributed by atoms with Crippen LogP contribution in [0.25, 0.3) is 0 Å². The molecule has 1 amide bonds. The van der Waals surface area contributed by atoms with Crippen molar-refractivity contribution < 1.29 is 6.22 Å². The van der Waals surface area contributed by atoms with E-state index in [0.29, 0.717) is 27.7 Å². The van der Waals surface area contributed by atoms with Gasteiger partial charge < -0.3 is 10.2 Å². The van der Waals surface area contributed by atoms with E-state index in [2.05, 4.69) is 31.9 Å². The molecule has 2 saturated heterocycles. The molecule has 0 radical (unpaired) electrons. The molecular weight excluding hydrogens is 481 g/mol. The van der Waals surface area contributed by atoms with Gasteiger partial charge in [0.2, 0.25) is 0 Å². The van der Waals surface area contributed by atoms with E-state index in [1.54, 1.807) is 19.3 Å². The maximum Gasteiger partial charge on any atom is 0.252 e. The highest BCUT2D eigenvalue weighted by Gasteiger charge is 2.32. The summed E-state index contributed by atoms with van der Waals surface area (Å²) in [6.07, 6.45) is 3.89. The molecule has 2 aromatic rings. The third-order valence-corrected chi connectivity index (χ3v) is 7.59. The number of nitrogens with zero attached hydrogens (tertiary/aromatic N) is 4. The smallest absolute Gasteiger partial charge is 0.252 e. The first-order valence-corrected chi connectivity index (χ1v) is 12.5. The van der Waals surface area contributed by atoms with Crippen LogP contribution in [-0.4, -0.2) is 72.5 Å². The van der Waals surface area contributed by atoms with Gasteiger partial charge in [0.25, 0.3) is 5.91 Å². The Hall–Kier alpha value is -1.57. The van der Waals surface area contributed by atoms with Gasteiger partial charge in [-0.05, 0) is 56.6 Å². The molecule has 1 atom stereocenters. The minimum absolute atomic E-state index is 0. The fraction of sp³-hybridized carbons (Fsp3) is 0.500. The second-order valence-corrected chi connectivity index (χ2v) is 10.1. The van der Waals surface area contributed by atoms with E-state index in [0.717, 1.165) is 68.5 Å². The fourth-order valence-corrected chi connectivity index (χ4v) is 5.69. The first kappa shape index (κ1) is 24.6. The van der Waals surface area contributed by atoms with Crippen molar-refractivity contribution in [2.45, 2.75) is 38.4 Å². The van der Waals surface area contributed by atoms with Crippen molar-refractivity contribution in [3.05, 3.63) is 56.7 Å². The Bertz CT molecular complexity index is 1000. The number of benzene rings is 1. The summed E-state index contributed by atoms with van der Waals surface area (Å²) in [5, 5.41) is 4.54. The highest BCUT2D eigenvalue weighted by atomic mass is 35.5. The Morgan fingerprint density at radius 2 is 1.88 bits per heavy atom. The number of piperazine rings is 1. The van der Waals surface area contributed by atoms with Crippen LogP contribution in [0.1, 0.15) is 37.1 Å². The highest BCUT2D eigenvalue weighted by Crippen LogP contribution is 2.29. The van der Waals surface area contributed by atoms with Crippen LogP contribution < -0.4 is 10.2 Å². The van der Waals surface area contributed by atoms with E-state index in [1.165, 1.54) is 0 Å². The highest BCUT2D eigenvalue weighted by molar-refractivity contribution is 6.35. The van der Waals surface area contributed by atoms with Gasteiger partial charge >= 0.3 is 0 Å². The van der Waals surface area contributed by atoms with E-state index < -0.39 is 0 Å². The Labute approximate surface area is 212 Å². The number of halogens is 3. The van der Waals surface area contributed by atoms with Crippen LogP contribution in [0.4, 0.5) is 5.82 Å². The molecule has 6 nitrogen and oxygen atoms in total. The van der Waals surface area contributed by atoms with E-state index in [4.69, 9.17) is 34.8 Å². The Balaban J connectivity index is 0.00000324. The third kappa shape index (κ3) is 5.75. The van der Waals surface area contributed by atoms with Gasteiger partial charge in [0, 0.05) is 63.0 Å². The zero-order valence-electron chi connectivity index (χ0n) is 19.0. The van der Waals surface area contributed by atoms with E-state index in [1.807, 2.05) is 18.2 Å². The molecule has 0 aliphatic carbocycles. The van der Waals surface area contributed by atoms with Gasteiger partial charge in [0.15, 0.2) is 0 Å². The lowest BCUT2D eigenvalue weighted by Crippen LogP contribution is -2.57. The minimum Gasteiger partial charge on any atom is -0.355 e. The van der Waals surface area contributed by atoms with E-state index in [-0.39, 0.29) is 7.33 Å². The largest absolute Gasteiger partial charge is 0.355 e. The zero-order chi connectivity index (χ0) is 23.5. The summed E-state index contributed by atoms with van der Waals surface area (Å²) >= 11 is 18.9. The van der Waals surface area contributed by atoms with Crippen LogP contribution >= 0.6 is 34.8 Å². The monoisotopic (exact) mass is 511 g/mol. The maximum absolute atomic E-state index is 11.8. The average Bonchev–Trinajstić information content (AvgIpc) is 2.81. The summed E-state index contributed by atoms with van der Waals surface area (Å²) in [4.78, 5) is 23.7. The third-order valence-electron chi connectivity index (χ3n) is 6.72. The summed E-state index contributed by atoms with van der Waals surface area (Å²) < 4.78 is 0. The van der Waals surface area contributed by atoms with Crippen molar-refractivity contribution in [2.75, 3.05) is 44.7 Å². The predicted molar refractivity (Wildman–Crippen MR) is 138 cm³/mol. The summed E-state index contributed by atoms with van der Waals surface area (Å²) in [6.45, 7) is 7.98. The summed E-state index contributed by atoms with van der Waals surface area (Å²) in [5.41, 5.74) is 1.61. The molecule has 0 bridgehead atoms. The Kier molecular flexibility index (Phi) is 8.03. The molecule has 1 aromatic heterocycles. The van der Waals surface area contributed by atoms with Crippen molar-refractivity contribution in [3.8, 4) is 0 Å². The number of aromatic nitrogens is 1. The number of anilines is 1. The minimum atomic E-state index is -0.182. The lowest BCUT2D eigenvalue weighted by atomic mass is 9.99. The molecule has 2 fully saturated rings. The van der Waals surface area contributed by atoms with E-state index in [9.17, 15) is 4.79 Å². The number of hydrogen-bond donors (Lipinski definition) is 1. The maximum atomic E-state index is 11.8. The van der Waals surface area contributed by atoms with Crippen LogP contribution in [0, 0.1) is 0 Å². The normalized spacial score (nSPS) is 20.8. The molecule has 9 heteroatoms. The zero-order valence-corrected chi connectivity index (χ0v) is 21.3. The van der Waals surface area contributed by atoms with Crippen molar-refractivity contribution in [1.29, 1.82) is 0 Å². The Morgan fingerprint density at radius 3 is 2.52 bits per heavy atom. The number of piperidine rings is 1. The number of rotatable bonds is 5. The van der Waals surface area contributed by atoms with Crippen LogP contribution in [0.5, 0.6) is 0 Å².